The number of alkyl halides is 3. The fraction of sp³-hybridized carbons (Fsp3) is 0.632. The standard InChI is InChI=1S/C19H27F3N4O3S/c1-23-18(24-13-14-5-2-3-8-17(14)29-16-6-4-7-16)25-15-9-11-26(12-10-15)30(27,28)19(20,21)22/h2-3,5,8,15-16H,4,6-7,9-13H2,1H3,(H2,23,24,25). The molecule has 1 aromatic rings. The van der Waals surface area contributed by atoms with E-state index in [1.54, 1.807) is 7.05 Å². The Hall–Kier alpha value is -2.01. The van der Waals surface area contributed by atoms with Gasteiger partial charge in [-0.25, -0.2) is 8.42 Å². The minimum atomic E-state index is -5.27. The first-order valence-corrected chi connectivity index (χ1v) is 11.4. The number of benzene rings is 1. The molecule has 30 heavy (non-hydrogen) atoms. The first-order valence-electron chi connectivity index (χ1n) is 9.99. The van der Waals surface area contributed by atoms with Gasteiger partial charge in [-0.2, -0.15) is 17.5 Å². The summed E-state index contributed by atoms with van der Waals surface area (Å²) in [7, 11) is -3.66. The van der Waals surface area contributed by atoms with Crippen molar-refractivity contribution >= 4 is 16.0 Å². The average Bonchev–Trinajstić information content (AvgIpc) is 2.68. The smallest absolute Gasteiger partial charge is 0.490 e. The monoisotopic (exact) mass is 448 g/mol. The summed E-state index contributed by atoms with van der Waals surface area (Å²) in [6, 6.07) is 7.58. The molecule has 168 valence electrons. The molecule has 2 fully saturated rings. The van der Waals surface area contributed by atoms with Gasteiger partial charge in [-0.15, -0.1) is 0 Å². The first-order chi connectivity index (χ1) is 14.2. The maximum absolute atomic E-state index is 12.7. The summed E-state index contributed by atoms with van der Waals surface area (Å²) in [5, 5.41) is 6.36. The zero-order valence-corrected chi connectivity index (χ0v) is 17.6. The molecule has 0 bridgehead atoms. The van der Waals surface area contributed by atoms with Gasteiger partial charge in [0.25, 0.3) is 0 Å². The van der Waals surface area contributed by atoms with E-state index in [0.29, 0.717) is 16.8 Å². The number of aliphatic imine (C=N–C) groups is 1. The van der Waals surface area contributed by atoms with E-state index in [0.717, 1.165) is 24.2 Å². The molecule has 3 rings (SSSR count). The minimum absolute atomic E-state index is 0.169. The van der Waals surface area contributed by atoms with Gasteiger partial charge in [0.1, 0.15) is 5.75 Å². The van der Waals surface area contributed by atoms with E-state index in [1.165, 1.54) is 6.42 Å². The summed E-state index contributed by atoms with van der Waals surface area (Å²) in [6.07, 6.45) is 4.10. The van der Waals surface area contributed by atoms with Gasteiger partial charge in [0.2, 0.25) is 0 Å². The van der Waals surface area contributed by atoms with Crippen LogP contribution in [0.25, 0.3) is 0 Å². The van der Waals surface area contributed by atoms with Crippen molar-refractivity contribution in [1.82, 2.24) is 14.9 Å². The Labute approximate surface area is 174 Å². The van der Waals surface area contributed by atoms with E-state index >= 15 is 0 Å². The van der Waals surface area contributed by atoms with Crippen molar-refractivity contribution in [2.24, 2.45) is 4.99 Å². The quantitative estimate of drug-likeness (QED) is 0.516. The molecule has 0 amide bonds. The second kappa shape index (κ2) is 9.42. The molecular weight excluding hydrogens is 421 g/mol. The molecule has 1 aliphatic carbocycles. The Morgan fingerprint density at radius 2 is 1.87 bits per heavy atom. The molecule has 2 N–H and O–H groups in total. The highest BCUT2D eigenvalue weighted by Gasteiger charge is 2.50. The summed E-state index contributed by atoms with van der Waals surface area (Å²) in [5.74, 6) is 1.33. The second-order valence-corrected chi connectivity index (χ2v) is 9.40. The second-order valence-electron chi connectivity index (χ2n) is 7.47. The molecule has 7 nitrogen and oxygen atoms in total. The average molecular weight is 449 g/mol. The maximum Gasteiger partial charge on any atom is 0.511 e. The molecule has 1 saturated heterocycles. The summed E-state index contributed by atoms with van der Waals surface area (Å²) < 4.78 is 67.6. The van der Waals surface area contributed by atoms with Crippen LogP contribution in [-0.2, 0) is 16.6 Å². The van der Waals surface area contributed by atoms with Crippen molar-refractivity contribution in [3.63, 3.8) is 0 Å². The lowest BCUT2D eigenvalue weighted by Crippen LogP contribution is -2.51. The fourth-order valence-corrected chi connectivity index (χ4v) is 4.37. The number of piperidine rings is 1. The van der Waals surface area contributed by atoms with Crippen LogP contribution in [0.5, 0.6) is 5.75 Å². The Balaban J connectivity index is 1.50. The molecule has 1 saturated carbocycles. The van der Waals surface area contributed by atoms with E-state index in [4.69, 9.17) is 4.74 Å². The number of hydrogen-bond donors (Lipinski definition) is 2. The highest BCUT2D eigenvalue weighted by atomic mass is 32.2. The Morgan fingerprint density at radius 3 is 2.43 bits per heavy atom. The molecule has 11 heteroatoms. The van der Waals surface area contributed by atoms with Crippen LogP contribution in [0.4, 0.5) is 13.2 Å². The van der Waals surface area contributed by atoms with Crippen molar-refractivity contribution in [2.75, 3.05) is 20.1 Å². The summed E-state index contributed by atoms with van der Waals surface area (Å²) in [6.45, 7) is 0.104. The number of nitrogens with zero attached hydrogens (tertiary/aromatic N) is 2. The summed E-state index contributed by atoms with van der Waals surface area (Å²) in [5.41, 5.74) is -4.28. The van der Waals surface area contributed by atoms with Crippen molar-refractivity contribution in [2.45, 2.75) is 56.3 Å². The van der Waals surface area contributed by atoms with Crippen LogP contribution in [0.15, 0.2) is 29.3 Å². The van der Waals surface area contributed by atoms with Gasteiger partial charge in [0.15, 0.2) is 5.96 Å². The number of rotatable bonds is 6. The molecule has 1 aliphatic heterocycles. The van der Waals surface area contributed by atoms with Crippen LogP contribution in [-0.4, -0.2) is 56.5 Å². The van der Waals surface area contributed by atoms with Crippen LogP contribution in [0.1, 0.15) is 37.7 Å². The molecule has 1 heterocycles. The maximum atomic E-state index is 12.7. The third kappa shape index (κ3) is 5.37. The SMILES string of the molecule is CN=C(NCc1ccccc1OC1CCC1)NC1CCN(S(=O)(=O)C(F)(F)F)CC1. The van der Waals surface area contributed by atoms with Gasteiger partial charge in [0, 0.05) is 38.3 Å². The third-order valence-corrected chi connectivity index (χ3v) is 7.05. The number of ether oxygens (including phenoxy) is 1. The zero-order valence-electron chi connectivity index (χ0n) is 16.8. The normalized spacial score (nSPS) is 19.9. The first kappa shape index (κ1) is 22.7. The van der Waals surface area contributed by atoms with E-state index in [2.05, 4.69) is 15.6 Å². The van der Waals surface area contributed by atoms with Crippen molar-refractivity contribution in [3.05, 3.63) is 29.8 Å². The number of sulfonamides is 1. The van der Waals surface area contributed by atoms with E-state index in [1.807, 2.05) is 24.3 Å². The van der Waals surface area contributed by atoms with Crippen LogP contribution in [0.2, 0.25) is 0 Å². The summed E-state index contributed by atoms with van der Waals surface area (Å²) >= 11 is 0. The fourth-order valence-electron chi connectivity index (χ4n) is 3.39. The van der Waals surface area contributed by atoms with Crippen molar-refractivity contribution < 1.29 is 26.3 Å². The Morgan fingerprint density at radius 1 is 1.20 bits per heavy atom. The molecule has 0 aromatic heterocycles. The molecule has 0 spiro atoms. The molecule has 1 aromatic carbocycles. The number of para-hydroxylation sites is 1. The summed E-state index contributed by atoms with van der Waals surface area (Å²) in [4.78, 5) is 4.16. The van der Waals surface area contributed by atoms with Gasteiger partial charge in [-0.3, -0.25) is 4.99 Å². The van der Waals surface area contributed by atoms with Gasteiger partial charge in [-0.05, 0) is 38.2 Å². The lowest BCUT2D eigenvalue weighted by atomic mass is 9.96. The third-order valence-electron chi connectivity index (χ3n) is 5.42. The van der Waals surface area contributed by atoms with Crippen molar-refractivity contribution in [3.8, 4) is 5.75 Å². The highest BCUT2D eigenvalue weighted by Crippen LogP contribution is 2.29. The lowest BCUT2D eigenvalue weighted by Gasteiger charge is -2.32. The van der Waals surface area contributed by atoms with Crippen LogP contribution in [0, 0.1) is 0 Å². The van der Waals surface area contributed by atoms with Crippen LogP contribution >= 0.6 is 0 Å². The number of nitrogens with one attached hydrogen (secondary N) is 2. The van der Waals surface area contributed by atoms with Crippen LogP contribution < -0.4 is 15.4 Å². The molecule has 0 unspecified atom stereocenters. The predicted octanol–water partition coefficient (Wildman–Crippen LogP) is 2.60. The highest BCUT2D eigenvalue weighted by molar-refractivity contribution is 7.90. The number of guanidine groups is 1. The van der Waals surface area contributed by atoms with E-state index in [9.17, 15) is 21.6 Å². The number of halogens is 3. The molecule has 0 radical (unpaired) electrons. The molecular formula is C19H27F3N4O3S. The van der Waals surface area contributed by atoms with Crippen LogP contribution in [0.3, 0.4) is 0 Å². The van der Waals surface area contributed by atoms with Gasteiger partial charge >= 0.3 is 15.5 Å². The van der Waals surface area contributed by atoms with E-state index < -0.39 is 15.5 Å². The Bertz CT molecular complexity index is 849. The number of hydrogen-bond acceptors (Lipinski definition) is 4. The molecule has 2 aliphatic rings. The topological polar surface area (TPSA) is 83.0 Å². The minimum Gasteiger partial charge on any atom is -0.490 e. The van der Waals surface area contributed by atoms with Gasteiger partial charge in [-0.1, -0.05) is 18.2 Å². The largest absolute Gasteiger partial charge is 0.511 e. The van der Waals surface area contributed by atoms with Gasteiger partial charge < -0.3 is 15.4 Å². The van der Waals surface area contributed by atoms with E-state index in [-0.39, 0.29) is 38.1 Å². The molecule has 0 atom stereocenters. The lowest BCUT2D eigenvalue weighted by molar-refractivity contribution is -0.0494. The van der Waals surface area contributed by atoms with Crippen molar-refractivity contribution in [1.29, 1.82) is 0 Å². The van der Waals surface area contributed by atoms with Gasteiger partial charge in [0.05, 0.1) is 6.10 Å². The zero-order chi connectivity index (χ0) is 21.8. The Kier molecular flexibility index (Phi) is 7.12. The predicted molar refractivity (Wildman–Crippen MR) is 108 cm³/mol.